The van der Waals surface area contributed by atoms with Crippen molar-refractivity contribution in [2.24, 2.45) is 5.73 Å². The van der Waals surface area contributed by atoms with Crippen molar-refractivity contribution in [2.75, 3.05) is 6.54 Å². The molecule has 6 heteroatoms. The van der Waals surface area contributed by atoms with Crippen molar-refractivity contribution in [1.29, 1.82) is 0 Å². The molecule has 1 amide bonds. The van der Waals surface area contributed by atoms with Gasteiger partial charge in [-0.1, -0.05) is 11.8 Å². The highest BCUT2D eigenvalue weighted by Crippen LogP contribution is 2.20. The zero-order chi connectivity index (χ0) is 13.7. The van der Waals surface area contributed by atoms with E-state index in [1.165, 1.54) is 11.3 Å². The van der Waals surface area contributed by atoms with Crippen LogP contribution in [0.4, 0.5) is 0 Å². The maximum Gasteiger partial charge on any atom is 0.261 e. The number of thiophene rings is 2. The van der Waals surface area contributed by atoms with Gasteiger partial charge in [-0.15, -0.1) is 22.7 Å². The molecule has 0 saturated carbocycles. The Morgan fingerprint density at radius 2 is 2.32 bits per heavy atom. The van der Waals surface area contributed by atoms with Gasteiger partial charge >= 0.3 is 0 Å². The number of nitrogens with two attached hydrogens (primary N) is 1. The molecule has 0 aromatic carbocycles. The summed E-state index contributed by atoms with van der Waals surface area (Å²) in [5.74, 6) is 5.61. The molecule has 2 heterocycles. The van der Waals surface area contributed by atoms with Gasteiger partial charge in [0.05, 0.1) is 22.8 Å². The van der Waals surface area contributed by atoms with Gasteiger partial charge < -0.3 is 11.1 Å². The lowest BCUT2D eigenvalue weighted by atomic mass is 10.4. The van der Waals surface area contributed by atoms with Crippen LogP contribution >= 0.6 is 38.6 Å². The number of rotatable bonds is 3. The summed E-state index contributed by atoms with van der Waals surface area (Å²) in [5, 5.41) is 4.88. The molecule has 0 aliphatic rings. The third kappa shape index (κ3) is 4.18. The quantitative estimate of drug-likeness (QED) is 0.832. The van der Waals surface area contributed by atoms with E-state index in [4.69, 9.17) is 5.73 Å². The summed E-state index contributed by atoms with van der Waals surface area (Å²) in [6.45, 7) is 0.865. The highest BCUT2D eigenvalue weighted by Gasteiger charge is 2.08. The summed E-state index contributed by atoms with van der Waals surface area (Å²) < 4.78 is 1.04. The van der Waals surface area contributed by atoms with Crippen LogP contribution in [0.3, 0.4) is 0 Å². The summed E-state index contributed by atoms with van der Waals surface area (Å²) in [6, 6.07) is 5.62. The average molecular weight is 355 g/mol. The molecule has 0 unspecified atom stereocenters. The van der Waals surface area contributed by atoms with E-state index in [9.17, 15) is 4.79 Å². The van der Waals surface area contributed by atoms with E-state index in [-0.39, 0.29) is 5.91 Å². The van der Waals surface area contributed by atoms with E-state index < -0.39 is 0 Å². The summed E-state index contributed by atoms with van der Waals surface area (Å²) in [5.41, 5.74) is 5.31. The maximum atomic E-state index is 11.9. The first kappa shape index (κ1) is 14.3. The van der Waals surface area contributed by atoms with Gasteiger partial charge in [0.2, 0.25) is 0 Å². The molecule has 19 heavy (non-hydrogen) atoms. The van der Waals surface area contributed by atoms with Crippen LogP contribution in [0, 0.1) is 11.8 Å². The zero-order valence-corrected chi connectivity index (χ0v) is 13.1. The molecule has 0 saturated heterocycles. The highest BCUT2D eigenvalue weighted by atomic mass is 79.9. The number of halogens is 1. The second kappa shape index (κ2) is 6.87. The van der Waals surface area contributed by atoms with Crippen molar-refractivity contribution in [3.05, 3.63) is 42.7 Å². The highest BCUT2D eigenvalue weighted by molar-refractivity contribution is 9.10. The van der Waals surface area contributed by atoms with Gasteiger partial charge in [0.25, 0.3) is 5.91 Å². The molecule has 2 aromatic heterocycles. The van der Waals surface area contributed by atoms with E-state index in [0.717, 1.165) is 14.2 Å². The van der Waals surface area contributed by atoms with Gasteiger partial charge in [-0.05, 0) is 34.1 Å². The van der Waals surface area contributed by atoms with Crippen LogP contribution in [0.1, 0.15) is 19.4 Å². The van der Waals surface area contributed by atoms with Crippen LogP contribution in [0.25, 0.3) is 0 Å². The first-order valence-electron chi connectivity index (χ1n) is 5.49. The average Bonchev–Trinajstić information content (AvgIpc) is 3.02. The summed E-state index contributed by atoms with van der Waals surface area (Å²) in [7, 11) is 0. The van der Waals surface area contributed by atoms with Crippen molar-refractivity contribution in [3.63, 3.8) is 0 Å². The number of hydrogen-bond donors (Lipinski definition) is 2. The molecule has 3 N–H and O–H groups in total. The Bertz CT molecular complexity index is 636. The topological polar surface area (TPSA) is 55.1 Å². The molecular formula is C13H11BrN2OS2. The third-order valence-corrected chi connectivity index (χ3v) is 4.89. The summed E-state index contributed by atoms with van der Waals surface area (Å²) in [6.07, 6.45) is 0. The molecule has 0 radical (unpaired) electrons. The lowest BCUT2D eigenvalue weighted by Gasteiger charge is -2.00. The molecule has 0 spiro atoms. The van der Waals surface area contributed by atoms with Gasteiger partial charge in [0, 0.05) is 14.7 Å². The van der Waals surface area contributed by atoms with E-state index >= 15 is 0 Å². The second-order valence-electron chi connectivity index (χ2n) is 3.58. The SMILES string of the molecule is NCC#Cc1ccc(C(=O)NCc2cc(Br)cs2)s1. The molecule has 0 aliphatic carbocycles. The maximum absolute atomic E-state index is 11.9. The predicted octanol–water partition coefficient (Wildman–Crippen LogP) is 2.81. The van der Waals surface area contributed by atoms with E-state index in [2.05, 4.69) is 33.1 Å². The van der Waals surface area contributed by atoms with Crippen molar-refractivity contribution in [2.45, 2.75) is 6.54 Å². The number of carbonyl (C=O) groups is 1. The zero-order valence-electron chi connectivity index (χ0n) is 9.90. The number of amides is 1. The number of nitrogens with one attached hydrogen (secondary N) is 1. The fourth-order valence-electron chi connectivity index (χ4n) is 1.37. The minimum absolute atomic E-state index is 0.0738. The van der Waals surface area contributed by atoms with Gasteiger partial charge in [0.15, 0.2) is 0 Å². The molecule has 2 rings (SSSR count). The normalized spacial score (nSPS) is 9.79. The first-order chi connectivity index (χ1) is 9.19. The molecule has 0 aliphatic heterocycles. The third-order valence-electron chi connectivity index (χ3n) is 2.19. The molecule has 2 aromatic rings. The Balaban J connectivity index is 1.94. The molecular weight excluding hydrogens is 344 g/mol. The largest absolute Gasteiger partial charge is 0.346 e. The molecule has 98 valence electrons. The minimum Gasteiger partial charge on any atom is -0.346 e. The first-order valence-corrected chi connectivity index (χ1v) is 7.98. The van der Waals surface area contributed by atoms with E-state index in [0.29, 0.717) is 18.0 Å². The predicted molar refractivity (Wildman–Crippen MR) is 83.4 cm³/mol. The fourth-order valence-corrected chi connectivity index (χ4v) is 3.55. The van der Waals surface area contributed by atoms with Crippen LogP contribution in [0.15, 0.2) is 28.1 Å². The van der Waals surface area contributed by atoms with Gasteiger partial charge in [-0.2, -0.15) is 0 Å². The Morgan fingerprint density at radius 1 is 1.47 bits per heavy atom. The van der Waals surface area contributed by atoms with Crippen LogP contribution in [0.5, 0.6) is 0 Å². The molecule has 0 atom stereocenters. The smallest absolute Gasteiger partial charge is 0.261 e. The lowest BCUT2D eigenvalue weighted by molar-refractivity contribution is 0.0955. The molecule has 3 nitrogen and oxygen atoms in total. The van der Waals surface area contributed by atoms with Crippen molar-refractivity contribution in [3.8, 4) is 11.8 Å². The molecule has 0 bridgehead atoms. The Morgan fingerprint density at radius 3 is 3.00 bits per heavy atom. The van der Waals surface area contributed by atoms with Crippen molar-refractivity contribution >= 4 is 44.5 Å². The molecule has 0 fully saturated rings. The minimum atomic E-state index is -0.0738. The second-order valence-corrected chi connectivity index (χ2v) is 6.58. The Labute approximate surface area is 128 Å². The summed E-state index contributed by atoms with van der Waals surface area (Å²) in [4.78, 5) is 14.6. The van der Waals surface area contributed by atoms with E-state index in [1.54, 1.807) is 17.4 Å². The fraction of sp³-hybridized carbons (Fsp3) is 0.154. The van der Waals surface area contributed by atoms with Crippen molar-refractivity contribution < 1.29 is 4.79 Å². The van der Waals surface area contributed by atoms with Crippen LogP contribution in [-0.2, 0) is 6.54 Å². The Hall–Kier alpha value is -1.13. The van der Waals surface area contributed by atoms with E-state index in [1.807, 2.05) is 17.5 Å². The lowest BCUT2D eigenvalue weighted by Crippen LogP contribution is -2.21. The monoisotopic (exact) mass is 354 g/mol. The standard InChI is InChI=1S/C13H11BrN2OS2/c14-9-6-11(18-8-9)7-16-13(17)12-4-3-10(19-12)2-1-5-15/h3-4,6,8H,5,7,15H2,(H,16,17). The summed E-state index contributed by atoms with van der Waals surface area (Å²) >= 11 is 6.37. The Kier molecular flexibility index (Phi) is 5.16. The van der Waals surface area contributed by atoms with Gasteiger partial charge in [0.1, 0.15) is 0 Å². The number of hydrogen-bond acceptors (Lipinski definition) is 4. The van der Waals surface area contributed by atoms with Crippen molar-refractivity contribution in [1.82, 2.24) is 5.32 Å². The van der Waals surface area contributed by atoms with Crippen LogP contribution < -0.4 is 11.1 Å². The van der Waals surface area contributed by atoms with Gasteiger partial charge in [-0.3, -0.25) is 4.79 Å². The number of carbonyl (C=O) groups excluding carboxylic acids is 1. The van der Waals surface area contributed by atoms with Gasteiger partial charge in [-0.25, -0.2) is 0 Å². The van der Waals surface area contributed by atoms with Crippen LogP contribution in [-0.4, -0.2) is 12.5 Å². The van der Waals surface area contributed by atoms with Crippen LogP contribution in [0.2, 0.25) is 0 Å².